The van der Waals surface area contributed by atoms with Crippen molar-refractivity contribution in [3.8, 4) is 0 Å². The van der Waals surface area contributed by atoms with Crippen LogP contribution >= 0.6 is 0 Å². The second-order valence-electron chi connectivity index (χ2n) is 5.38. The summed E-state index contributed by atoms with van der Waals surface area (Å²) in [5.41, 5.74) is -0.347. The highest BCUT2D eigenvalue weighted by atomic mass is 19.4. The van der Waals surface area contributed by atoms with Crippen LogP contribution in [0.5, 0.6) is 0 Å². The second-order valence-corrected chi connectivity index (χ2v) is 5.38. The molecule has 1 fully saturated rings. The molecule has 2 heterocycles. The zero-order chi connectivity index (χ0) is 16.6. The van der Waals surface area contributed by atoms with E-state index >= 15 is 0 Å². The first-order chi connectivity index (χ1) is 10.8. The first-order valence-corrected chi connectivity index (χ1v) is 6.94. The standard InChI is InChI=1S/C15H13F4N3O/c16-11-6-20-14(21-7-11)22-8-12(23)5-13(22)9-2-1-3-10(4-9)15(17,18)19/h1-4,6-7,12-13,23H,5,8H2/t12-,13+/m0/s1. The lowest BCUT2D eigenvalue weighted by Crippen LogP contribution is -2.26. The van der Waals surface area contributed by atoms with Crippen molar-refractivity contribution >= 4 is 5.95 Å². The van der Waals surface area contributed by atoms with Gasteiger partial charge in [-0.25, -0.2) is 14.4 Å². The Kier molecular flexibility index (Phi) is 3.93. The molecule has 1 aromatic heterocycles. The Balaban J connectivity index is 1.95. The number of aliphatic hydroxyl groups is 1. The number of anilines is 1. The number of alkyl halides is 3. The Bertz CT molecular complexity index is 690. The van der Waals surface area contributed by atoms with Gasteiger partial charge in [0.15, 0.2) is 5.82 Å². The molecule has 0 aliphatic carbocycles. The van der Waals surface area contributed by atoms with Crippen LogP contribution in [0.25, 0.3) is 0 Å². The molecule has 0 bridgehead atoms. The maximum absolute atomic E-state index is 12.9. The molecule has 0 spiro atoms. The summed E-state index contributed by atoms with van der Waals surface area (Å²) < 4.78 is 51.5. The van der Waals surface area contributed by atoms with Gasteiger partial charge >= 0.3 is 6.18 Å². The number of hydrogen-bond acceptors (Lipinski definition) is 4. The molecule has 2 atom stereocenters. The van der Waals surface area contributed by atoms with Crippen molar-refractivity contribution in [3.05, 3.63) is 53.6 Å². The third-order valence-electron chi connectivity index (χ3n) is 3.74. The van der Waals surface area contributed by atoms with Crippen LogP contribution in [0.2, 0.25) is 0 Å². The number of benzene rings is 1. The summed E-state index contributed by atoms with van der Waals surface area (Å²) in [4.78, 5) is 9.28. The summed E-state index contributed by atoms with van der Waals surface area (Å²) in [6.07, 6.45) is -2.94. The minimum Gasteiger partial charge on any atom is -0.391 e. The number of aliphatic hydroxyl groups excluding tert-OH is 1. The number of nitrogens with zero attached hydrogens (tertiary/aromatic N) is 3. The van der Waals surface area contributed by atoms with E-state index in [0.29, 0.717) is 5.56 Å². The predicted octanol–water partition coefficient (Wildman–Crippen LogP) is 2.95. The fourth-order valence-corrected chi connectivity index (χ4v) is 2.73. The van der Waals surface area contributed by atoms with Gasteiger partial charge in [0.25, 0.3) is 0 Å². The van der Waals surface area contributed by atoms with Crippen LogP contribution in [-0.2, 0) is 6.18 Å². The van der Waals surface area contributed by atoms with Gasteiger partial charge in [-0.15, -0.1) is 0 Å². The van der Waals surface area contributed by atoms with Crippen LogP contribution < -0.4 is 4.90 Å². The normalized spacial score (nSPS) is 21.7. The molecule has 1 aromatic carbocycles. The number of rotatable bonds is 2. The predicted molar refractivity (Wildman–Crippen MR) is 74.1 cm³/mol. The lowest BCUT2D eigenvalue weighted by atomic mass is 10.0. The van der Waals surface area contributed by atoms with Crippen LogP contribution in [0.3, 0.4) is 0 Å². The topological polar surface area (TPSA) is 49.2 Å². The highest BCUT2D eigenvalue weighted by Gasteiger charge is 2.36. The average molecular weight is 327 g/mol. The van der Waals surface area contributed by atoms with Crippen molar-refractivity contribution in [2.45, 2.75) is 24.7 Å². The smallest absolute Gasteiger partial charge is 0.391 e. The second kappa shape index (κ2) is 5.77. The van der Waals surface area contributed by atoms with Crippen molar-refractivity contribution in [2.24, 2.45) is 0 Å². The summed E-state index contributed by atoms with van der Waals surface area (Å²) in [5, 5.41) is 9.88. The Labute approximate surface area is 129 Å². The summed E-state index contributed by atoms with van der Waals surface area (Å²) in [6, 6.07) is 4.44. The first-order valence-electron chi connectivity index (χ1n) is 6.94. The lowest BCUT2D eigenvalue weighted by molar-refractivity contribution is -0.137. The largest absolute Gasteiger partial charge is 0.416 e. The monoisotopic (exact) mass is 327 g/mol. The molecular formula is C15H13F4N3O. The molecule has 8 heteroatoms. The molecule has 0 amide bonds. The maximum atomic E-state index is 12.9. The Morgan fingerprint density at radius 1 is 1.17 bits per heavy atom. The highest BCUT2D eigenvalue weighted by molar-refractivity contribution is 5.40. The van der Waals surface area contributed by atoms with Gasteiger partial charge in [0.2, 0.25) is 5.95 Å². The van der Waals surface area contributed by atoms with Crippen molar-refractivity contribution < 1.29 is 22.7 Å². The van der Waals surface area contributed by atoms with E-state index in [-0.39, 0.29) is 18.9 Å². The van der Waals surface area contributed by atoms with Gasteiger partial charge in [-0.2, -0.15) is 13.2 Å². The third-order valence-corrected chi connectivity index (χ3v) is 3.74. The summed E-state index contributed by atoms with van der Waals surface area (Å²) in [6.45, 7) is 0.173. The SMILES string of the molecule is O[C@H]1C[C@H](c2cccc(C(F)(F)F)c2)N(c2ncc(F)cn2)C1. The number of halogens is 4. The number of aromatic nitrogens is 2. The van der Waals surface area contributed by atoms with Crippen LogP contribution in [0.1, 0.15) is 23.6 Å². The number of β-amino-alcohol motifs (C(OH)–C–C–N with tert-alkyl or cyclic N) is 1. The maximum Gasteiger partial charge on any atom is 0.416 e. The summed E-state index contributed by atoms with van der Waals surface area (Å²) >= 11 is 0. The molecule has 122 valence electrons. The zero-order valence-electron chi connectivity index (χ0n) is 11.8. The molecule has 0 unspecified atom stereocenters. The molecule has 1 aliphatic heterocycles. The van der Waals surface area contributed by atoms with E-state index in [1.165, 1.54) is 6.07 Å². The van der Waals surface area contributed by atoms with Crippen molar-refractivity contribution in [1.29, 1.82) is 0 Å². The van der Waals surface area contributed by atoms with E-state index in [2.05, 4.69) is 9.97 Å². The van der Waals surface area contributed by atoms with Gasteiger partial charge in [-0.1, -0.05) is 12.1 Å². The van der Waals surface area contributed by atoms with E-state index in [1.54, 1.807) is 11.0 Å². The molecule has 4 nitrogen and oxygen atoms in total. The minimum absolute atomic E-state index is 0.172. The van der Waals surface area contributed by atoms with Gasteiger partial charge in [0.1, 0.15) is 0 Å². The molecule has 0 radical (unpaired) electrons. The van der Waals surface area contributed by atoms with E-state index in [4.69, 9.17) is 0 Å². The van der Waals surface area contributed by atoms with E-state index in [9.17, 15) is 22.7 Å². The van der Waals surface area contributed by atoms with E-state index in [1.807, 2.05) is 0 Å². The Morgan fingerprint density at radius 2 is 1.87 bits per heavy atom. The van der Waals surface area contributed by atoms with Gasteiger partial charge < -0.3 is 10.0 Å². The number of hydrogen-bond donors (Lipinski definition) is 1. The van der Waals surface area contributed by atoms with Crippen LogP contribution in [0.4, 0.5) is 23.5 Å². The molecule has 1 N–H and O–H groups in total. The quantitative estimate of drug-likeness (QED) is 0.862. The molecule has 2 aromatic rings. The fourth-order valence-electron chi connectivity index (χ4n) is 2.73. The molecule has 3 rings (SSSR count). The highest BCUT2D eigenvalue weighted by Crippen LogP contribution is 2.37. The summed E-state index contributed by atoms with van der Waals surface area (Å²) in [5.74, 6) is -0.436. The van der Waals surface area contributed by atoms with Crippen molar-refractivity contribution in [1.82, 2.24) is 9.97 Å². The van der Waals surface area contributed by atoms with Crippen LogP contribution in [0.15, 0.2) is 36.7 Å². The van der Waals surface area contributed by atoms with Gasteiger partial charge in [0.05, 0.1) is 30.1 Å². The Hall–Kier alpha value is -2.22. The van der Waals surface area contributed by atoms with Crippen molar-refractivity contribution in [2.75, 3.05) is 11.4 Å². The third kappa shape index (κ3) is 3.26. The Morgan fingerprint density at radius 3 is 2.52 bits per heavy atom. The molecule has 0 saturated carbocycles. The van der Waals surface area contributed by atoms with E-state index in [0.717, 1.165) is 24.5 Å². The molecular weight excluding hydrogens is 314 g/mol. The van der Waals surface area contributed by atoms with Gasteiger partial charge in [0, 0.05) is 6.54 Å². The molecule has 1 aliphatic rings. The van der Waals surface area contributed by atoms with E-state index < -0.39 is 29.7 Å². The first kappa shape index (κ1) is 15.7. The zero-order valence-corrected chi connectivity index (χ0v) is 11.8. The minimum atomic E-state index is -4.44. The van der Waals surface area contributed by atoms with Crippen LogP contribution in [-0.4, -0.2) is 27.7 Å². The van der Waals surface area contributed by atoms with Gasteiger partial charge in [-0.05, 0) is 24.1 Å². The van der Waals surface area contributed by atoms with Gasteiger partial charge in [-0.3, -0.25) is 0 Å². The molecule has 1 saturated heterocycles. The van der Waals surface area contributed by atoms with Crippen LogP contribution in [0, 0.1) is 5.82 Å². The molecule has 23 heavy (non-hydrogen) atoms. The average Bonchev–Trinajstić information content (AvgIpc) is 2.89. The van der Waals surface area contributed by atoms with Crippen molar-refractivity contribution in [3.63, 3.8) is 0 Å². The lowest BCUT2D eigenvalue weighted by Gasteiger charge is -2.25. The fraction of sp³-hybridized carbons (Fsp3) is 0.333. The summed E-state index contributed by atoms with van der Waals surface area (Å²) in [7, 11) is 0.